The number of rotatable bonds is 5. The number of fused-ring (bicyclic) bond motifs is 1. The van der Waals surface area contributed by atoms with Crippen LogP contribution >= 0.6 is 45.5 Å². The van der Waals surface area contributed by atoms with Crippen molar-refractivity contribution >= 4 is 90.5 Å². The van der Waals surface area contributed by atoms with Crippen LogP contribution in [0.4, 0.5) is 26.2 Å². The van der Waals surface area contributed by atoms with Gasteiger partial charge in [0.15, 0.2) is 0 Å². The number of benzene rings is 2. The van der Waals surface area contributed by atoms with Gasteiger partial charge in [-0.3, -0.25) is 9.59 Å². The van der Waals surface area contributed by atoms with E-state index in [1.807, 2.05) is 0 Å². The molecule has 3 N–H and O–H groups in total. The number of thiophene rings is 1. The van der Waals surface area contributed by atoms with Crippen molar-refractivity contribution < 1.29 is 27.2 Å². The minimum atomic E-state index is -4.17. The van der Waals surface area contributed by atoms with Crippen molar-refractivity contribution in [2.75, 3.05) is 22.6 Å². The maximum atomic E-state index is 15.0. The van der Waals surface area contributed by atoms with Gasteiger partial charge in [-0.2, -0.15) is 0 Å². The number of anilines is 3. The maximum absolute atomic E-state index is 15.0. The molecule has 0 atom stereocenters. The SMILES string of the molecule is CNc1cc2c(cc1I)C(=O)N(c1ccc(NC(=O)NS(=O)(=O)c3ccc(Cl)s3)cc1F)C(=O)C2. The van der Waals surface area contributed by atoms with Crippen LogP contribution in [0.3, 0.4) is 0 Å². The number of hydrogen-bond donors (Lipinski definition) is 3. The van der Waals surface area contributed by atoms with Gasteiger partial charge in [0.2, 0.25) is 5.91 Å². The average Bonchev–Trinajstić information content (AvgIpc) is 3.22. The summed E-state index contributed by atoms with van der Waals surface area (Å²) in [5, 5.41) is 5.20. The van der Waals surface area contributed by atoms with Crippen LogP contribution in [0.1, 0.15) is 15.9 Å². The lowest BCUT2D eigenvalue weighted by Crippen LogP contribution is -2.43. The standard InChI is InChI=1S/C21H15ClFIN4O5S2/c1-25-15-6-10-7-18(29)28(20(30)12(10)9-14(15)24)16-3-2-11(8-13(16)23)26-21(31)27-35(32,33)19-5-4-17(22)34-19/h2-6,8-9,25H,7H2,1H3,(H2,26,27,31). The zero-order valence-corrected chi connectivity index (χ0v) is 22.2. The summed E-state index contributed by atoms with van der Waals surface area (Å²) < 4.78 is 42.0. The summed E-state index contributed by atoms with van der Waals surface area (Å²) in [6.45, 7) is 0. The molecule has 1 aliphatic heterocycles. The number of nitrogens with one attached hydrogen (secondary N) is 3. The average molecular weight is 649 g/mol. The molecule has 14 heteroatoms. The molecule has 35 heavy (non-hydrogen) atoms. The van der Waals surface area contributed by atoms with Gasteiger partial charge < -0.3 is 10.6 Å². The Balaban J connectivity index is 1.54. The number of hydrogen-bond acceptors (Lipinski definition) is 7. The molecule has 2 aromatic carbocycles. The largest absolute Gasteiger partial charge is 0.387 e. The van der Waals surface area contributed by atoms with E-state index in [2.05, 4.69) is 33.2 Å². The van der Waals surface area contributed by atoms with Crippen LogP contribution in [-0.2, 0) is 21.2 Å². The van der Waals surface area contributed by atoms with E-state index in [9.17, 15) is 27.2 Å². The number of carbonyl (C=O) groups is 3. The number of halogens is 3. The van der Waals surface area contributed by atoms with E-state index in [1.54, 1.807) is 23.9 Å². The highest BCUT2D eigenvalue weighted by Crippen LogP contribution is 2.32. The molecule has 0 spiro atoms. The van der Waals surface area contributed by atoms with Crippen molar-refractivity contribution in [3.05, 3.63) is 67.3 Å². The summed E-state index contributed by atoms with van der Waals surface area (Å²) in [5.74, 6) is -2.24. The predicted octanol–water partition coefficient (Wildman–Crippen LogP) is 4.43. The van der Waals surface area contributed by atoms with E-state index in [0.717, 1.165) is 37.6 Å². The van der Waals surface area contributed by atoms with Crippen molar-refractivity contribution in [3.63, 3.8) is 0 Å². The van der Waals surface area contributed by atoms with Crippen molar-refractivity contribution in [2.45, 2.75) is 10.6 Å². The van der Waals surface area contributed by atoms with Crippen molar-refractivity contribution in [3.8, 4) is 0 Å². The third-order valence-electron chi connectivity index (χ3n) is 4.97. The van der Waals surface area contributed by atoms with Gasteiger partial charge in [0, 0.05) is 27.6 Å². The first-order valence-electron chi connectivity index (χ1n) is 9.76. The van der Waals surface area contributed by atoms with Crippen molar-refractivity contribution in [2.24, 2.45) is 0 Å². The molecule has 4 rings (SSSR count). The van der Waals surface area contributed by atoms with Crippen LogP contribution in [0, 0.1) is 9.39 Å². The number of sulfonamides is 1. The van der Waals surface area contributed by atoms with Gasteiger partial charge in [-0.05, 0) is 70.6 Å². The number of carbonyl (C=O) groups excluding carboxylic acids is 3. The first kappa shape index (κ1) is 25.3. The molecule has 182 valence electrons. The quantitative estimate of drug-likeness (QED) is 0.278. The highest BCUT2D eigenvalue weighted by molar-refractivity contribution is 14.1. The summed E-state index contributed by atoms with van der Waals surface area (Å²) in [6.07, 6.45) is -0.0981. The molecular weight excluding hydrogens is 634 g/mol. The van der Waals surface area contributed by atoms with Crippen LogP contribution in [0.2, 0.25) is 4.34 Å². The fraction of sp³-hybridized carbons (Fsp3) is 0.0952. The maximum Gasteiger partial charge on any atom is 0.333 e. The Bertz CT molecular complexity index is 1490. The van der Waals surface area contributed by atoms with Crippen LogP contribution in [0.25, 0.3) is 0 Å². The Morgan fingerprint density at radius 3 is 2.54 bits per heavy atom. The molecule has 0 fully saturated rings. The highest BCUT2D eigenvalue weighted by atomic mass is 127. The molecule has 4 amide bonds. The number of urea groups is 1. The van der Waals surface area contributed by atoms with Gasteiger partial charge >= 0.3 is 6.03 Å². The fourth-order valence-corrected chi connectivity index (χ4v) is 6.54. The lowest BCUT2D eigenvalue weighted by Gasteiger charge is -2.28. The molecule has 0 radical (unpaired) electrons. The lowest BCUT2D eigenvalue weighted by atomic mass is 9.97. The fourth-order valence-electron chi connectivity index (χ4n) is 3.41. The second-order valence-corrected chi connectivity index (χ2v) is 12.0. The minimum Gasteiger partial charge on any atom is -0.387 e. The summed E-state index contributed by atoms with van der Waals surface area (Å²) in [6, 6.07) is 8.11. The first-order chi connectivity index (χ1) is 16.5. The van der Waals surface area contributed by atoms with Crippen molar-refractivity contribution in [1.82, 2.24) is 4.72 Å². The second kappa shape index (κ2) is 9.72. The van der Waals surface area contributed by atoms with Gasteiger partial charge in [-0.1, -0.05) is 11.6 Å². The Kier molecular flexibility index (Phi) is 7.04. The van der Waals surface area contributed by atoms with Crippen LogP contribution in [0.15, 0.2) is 46.7 Å². The zero-order chi connectivity index (χ0) is 25.5. The Morgan fingerprint density at radius 2 is 1.91 bits per heavy atom. The second-order valence-electron chi connectivity index (χ2n) is 7.23. The van der Waals surface area contributed by atoms with Gasteiger partial charge in [0.1, 0.15) is 10.0 Å². The smallest absolute Gasteiger partial charge is 0.333 e. The summed E-state index contributed by atoms with van der Waals surface area (Å²) in [4.78, 5) is 38.7. The van der Waals surface area contributed by atoms with Crippen molar-refractivity contribution in [1.29, 1.82) is 0 Å². The molecule has 0 bridgehead atoms. The topological polar surface area (TPSA) is 125 Å². The number of nitrogens with zero attached hydrogens (tertiary/aromatic N) is 1. The van der Waals surface area contributed by atoms with Gasteiger partial charge in [0.05, 0.1) is 16.4 Å². The van der Waals surface area contributed by atoms with Crippen LogP contribution in [0.5, 0.6) is 0 Å². The number of imide groups is 1. The van der Waals surface area contributed by atoms with E-state index in [0.29, 0.717) is 5.56 Å². The molecule has 2 heterocycles. The van der Waals surface area contributed by atoms with Gasteiger partial charge in [-0.15, -0.1) is 11.3 Å². The molecular formula is C21H15ClFIN4O5S2. The number of amides is 4. The Labute approximate surface area is 221 Å². The normalized spacial score (nSPS) is 13.4. The summed E-state index contributed by atoms with van der Waals surface area (Å²) in [7, 11) is -2.45. The van der Waals surface area contributed by atoms with E-state index in [4.69, 9.17) is 11.6 Å². The van der Waals surface area contributed by atoms with E-state index < -0.39 is 33.7 Å². The van der Waals surface area contributed by atoms with Crippen LogP contribution in [-0.4, -0.2) is 33.3 Å². The van der Waals surface area contributed by atoms with Gasteiger partial charge in [0.25, 0.3) is 15.9 Å². The molecule has 9 nitrogen and oxygen atoms in total. The predicted molar refractivity (Wildman–Crippen MR) is 139 cm³/mol. The Morgan fingerprint density at radius 1 is 1.17 bits per heavy atom. The molecule has 0 aliphatic carbocycles. The van der Waals surface area contributed by atoms with E-state index in [-0.39, 0.29) is 31.9 Å². The van der Waals surface area contributed by atoms with Crippen LogP contribution < -0.4 is 20.3 Å². The minimum absolute atomic E-state index is 0.0892. The molecule has 0 unspecified atom stereocenters. The molecule has 0 saturated carbocycles. The third kappa shape index (κ3) is 5.12. The van der Waals surface area contributed by atoms with E-state index in [1.165, 1.54) is 18.2 Å². The summed E-state index contributed by atoms with van der Waals surface area (Å²) in [5.41, 5.74) is 1.21. The molecule has 1 aromatic heterocycles. The Hall–Kier alpha value is -2.75. The first-order valence-corrected chi connectivity index (χ1v) is 13.5. The summed E-state index contributed by atoms with van der Waals surface area (Å²) >= 11 is 8.54. The molecule has 3 aromatic rings. The highest BCUT2D eigenvalue weighted by Gasteiger charge is 2.34. The monoisotopic (exact) mass is 648 g/mol. The third-order valence-corrected chi connectivity index (χ3v) is 8.92. The van der Waals surface area contributed by atoms with E-state index >= 15 is 0 Å². The zero-order valence-electron chi connectivity index (χ0n) is 17.7. The lowest BCUT2D eigenvalue weighted by molar-refractivity contribution is -0.117. The van der Waals surface area contributed by atoms with Gasteiger partial charge in [-0.25, -0.2) is 27.2 Å². The molecule has 0 saturated heterocycles. The molecule has 1 aliphatic rings.